The molecule has 2 aromatic rings. The Hall–Kier alpha value is -1.35. The van der Waals surface area contributed by atoms with E-state index in [0.29, 0.717) is 5.75 Å². The summed E-state index contributed by atoms with van der Waals surface area (Å²) in [7, 11) is 0. The molecule has 1 heterocycles. The topological polar surface area (TPSA) is 30.0 Å². The van der Waals surface area contributed by atoms with Gasteiger partial charge in [0.2, 0.25) is 0 Å². The second-order valence-electron chi connectivity index (χ2n) is 5.68. The Bertz CT molecular complexity index is 614. The molecule has 0 aliphatic heterocycles. The first-order valence-corrected chi connectivity index (χ1v) is 7.38. The van der Waals surface area contributed by atoms with Crippen LogP contribution < -0.4 is 0 Å². The Morgan fingerprint density at radius 3 is 2.63 bits per heavy atom. The largest absolute Gasteiger partial charge is 0.293 e. The molecule has 1 aromatic heterocycles. The Balaban J connectivity index is 2.21. The molecule has 0 fully saturated rings. The fourth-order valence-corrected chi connectivity index (χ4v) is 2.50. The molecule has 3 heteroatoms. The number of Topliss-reactive ketones (excluding diaryl/α,β-unsaturated/α-hetero) is 1. The third-order valence-electron chi connectivity index (χ3n) is 2.79. The fourth-order valence-electron chi connectivity index (χ4n) is 1.77. The van der Waals surface area contributed by atoms with Crippen LogP contribution in [0.2, 0.25) is 0 Å². The maximum Gasteiger partial charge on any atom is 0.172 e. The monoisotopic (exact) mass is 273 g/mol. The van der Waals surface area contributed by atoms with Crippen molar-refractivity contribution >= 4 is 28.4 Å². The summed E-state index contributed by atoms with van der Waals surface area (Å²) >= 11 is 1.68. The molecule has 0 saturated carbocycles. The number of hydrogen-bond donors (Lipinski definition) is 0. The average molecular weight is 273 g/mol. The normalized spacial score (nSPS) is 11.8. The lowest BCUT2D eigenvalue weighted by molar-refractivity contribution is 0.102. The van der Waals surface area contributed by atoms with Gasteiger partial charge in [0.15, 0.2) is 5.78 Å². The summed E-state index contributed by atoms with van der Waals surface area (Å²) in [5, 5.41) is 1.03. The number of aryl methyl sites for hydroxylation is 1. The molecule has 0 bridgehead atoms. The Morgan fingerprint density at radius 2 is 1.95 bits per heavy atom. The number of hydrogen-bond acceptors (Lipinski definition) is 3. The van der Waals surface area contributed by atoms with Gasteiger partial charge in [0, 0.05) is 21.4 Å². The van der Waals surface area contributed by atoms with Crippen molar-refractivity contribution in [1.82, 2.24) is 4.98 Å². The predicted molar refractivity (Wildman–Crippen MR) is 83.0 cm³/mol. The van der Waals surface area contributed by atoms with Crippen LogP contribution in [0.4, 0.5) is 0 Å². The summed E-state index contributed by atoms with van der Waals surface area (Å²) in [4.78, 5) is 16.6. The number of thioether (sulfide) groups is 1. The molecule has 0 spiro atoms. The minimum Gasteiger partial charge on any atom is -0.293 e. The highest BCUT2D eigenvalue weighted by atomic mass is 32.2. The first-order chi connectivity index (χ1) is 8.85. The van der Waals surface area contributed by atoms with Crippen LogP contribution in [0.15, 0.2) is 30.3 Å². The van der Waals surface area contributed by atoms with E-state index >= 15 is 0 Å². The van der Waals surface area contributed by atoms with Gasteiger partial charge < -0.3 is 0 Å². The molecule has 0 amide bonds. The molecule has 0 N–H and O–H groups in total. The quantitative estimate of drug-likeness (QED) is 0.783. The molecule has 0 radical (unpaired) electrons. The van der Waals surface area contributed by atoms with Crippen LogP contribution >= 0.6 is 11.8 Å². The lowest BCUT2D eigenvalue weighted by Gasteiger charge is -2.16. The van der Waals surface area contributed by atoms with Crippen LogP contribution in [-0.2, 0) is 0 Å². The molecule has 0 saturated heterocycles. The van der Waals surface area contributed by atoms with Crippen LogP contribution in [-0.4, -0.2) is 21.3 Å². The van der Waals surface area contributed by atoms with Gasteiger partial charge in [-0.1, -0.05) is 26.8 Å². The van der Waals surface area contributed by atoms with Gasteiger partial charge in [-0.15, -0.1) is 11.8 Å². The summed E-state index contributed by atoms with van der Waals surface area (Å²) in [5.41, 5.74) is 2.71. The zero-order valence-corrected chi connectivity index (χ0v) is 12.7. The van der Waals surface area contributed by atoms with E-state index in [4.69, 9.17) is 0 Å². The van der Waals surface area contributed by atoms with Gasteiger partial charge in [0.1, 0.15) is 0 Å². The van der Waals surface area contributed by atoms with Crippen molar-refractivity contribution in [1.29, 1.82) is 0 Å². The van der Waals surface area contributed by atoms with E-state index in [1.165, 1.54) is 0 Å². The van der Waals surface area contributed by atoms with Gasteiger partial charge in [-0.3, -0.25) is 9.78 Å². The lowest BCUT2D eigenvalue weighted by Crippen LogP contribution is -2.13. The number of carbonyl (C=O) groups excluding carboxylic acids is 1. The van der Waals surface area contributed by atoms with Crippen molar-refractivity contribution in [2.24, 2.45) is 0 Å². The molecule has 100 valence electrons. The van der Waals surface area contributed by atoms with Gasteiger partial charge in [-0.2, -0.15) is 0 Å². The second kappa shape index (κ2) is 5.33. The van der Waals surface area contributed by atoms with Crippen molar-refractivity contribution in [2.45, 2.75) is 32.4 Å². The third kappa shape index (κ3) is 3.80. The number of rotatable bonds is 3. The maximum atomic E-state index is 12.2. The molecular weight excluding hydrogens is 254 g/mol. The number of aromatic nitrogens is 1. The van der Waals surface area contributed by atoms with Gasteiger partial charge in [0.25, 0.3) is 0 Å². The molecule has 0 atom stereocenters. The molecule has 1 aromatic carbocycles. The summed E-state index contributed by atoms with van der Waals surface area (Å²) in [6.07, 6.45) is 0. The number of pyridine rings is 1. The molecular formula is C16H19NOS. The van der Waals surface area contributed by atoms with Crippen molar-refractivity contribution in [3.8, 4) is 0 Å². The first kappa shape index (κ1) is 14.1. The summed E-state index contributed by atoms with van der Waals surface area (Å²) < 4.78 is 0.116. The van der Waals surface area contributed by atoms with E-state index in [0.717, 1.165) is 22.2 Å². The molecule has 19 heavy (non-hydrogen) atoms. The van der Waals surface area contributed by atoms with E-state index in [2.05, 4.69) is 25.8 Å². The predicted octanol–water partition coefficient (Wildman–Crippen LogP) is 4.26. The van der Waals surface area contributed by atoms with E-state index in [-0.39, 0.29) is 10.5 Å². The second-order valence-corrected chi connectivity index (χ2v) is 7.49. The zero-order valence-electron chi connectivity index (χ0n) is 11.9. The fraction of sp³-hybridized carbons (Fsp3) is 0.375. The molecule has 2 rings (SSSR count). The van der Waals surface area contributed by atoms with Crippen molar-refractivity contribution in [2.75, 3.05) is 5.75 Å². The van der Waals surface area contributed by atoms with Crippen molar-refractivity contribution < 1.29 is 4.79 Å². The van der Waals surface area contributed by atoms with Crippen LogP contribution in [0.5, 0.6) is 0 Å². The minimum absolute atomic E-state index is 0.116. The Morgan fingerprint density at radius 1 is 1.21 bits per heavy atom. The average Bonchev–Trinajstić information content (AvgIpc) is 2.34. The van der Waals surface area contributed by atoms with Gasteiger partial charge in [0.05, 0.1) is 11.3 Å². The number of nitrogens with zero attached hydrogens (tertiary/aromatic N) is 1. The van der Waals surface area contributed by atoms with E-state index in [1.54, 1.807) is 11.8 Å². The molecule has 2 nitrogen and oxygen atoms in total. The highest BCUT2D eigenvalue weighted by molar-refractivity contribution is 8.01. The minimum atomic E-state index is 0.116. The zero-order chi connectivity index (χ0) is 14.0. The van der Waals surface area contributed by atoms with Crippen LogP contribution in [0.3, 0.4) is 0 Å². The van der Waals surface area contributed by atoms with Crippen LogP contribution in [0.1, 0.15) is 36.8 Å². The highest BCUT2D eigenvalue weighted by Crippen LogP contribution is 2.24. The molecule has 0 unspecified atom stereocenters. The van der Waals surface area contributed by atoms with Crippen molar-refractivity contribution in [3.63, 3.8) is 0 Å². The summed E-state index contributed by atoms with van der Waals surface area (Å²) in [6, 6.07) is 9.73. The number of ketones is 1. The highest BCUT2D eigenvalue weighted by Gasteiger charge is 2.14. The van der Waals surface area contributed by atoms with Crippen LogP contribution in [0, 0.1) is 6.92 Å². The Kier molecular flexibility index (Phi) is 3.95. The molecule has 0 aliphatic rings. The van der Waals surface area contributed by atoms with Gasteiger partial charge in [-0.25, -0.2) is 0 Å². The maximum absolute atomic E-state index is 12.2. The first-order valence-electron chi connectivity index (χ1n) is 6.40. The van der Waals surface area contributed by atoms with E-state index in [9.17, 15) is 4.79 Å². The lowest BCUT2D eigenvalue weighted by atomic mass is 10.1. The summed E-state index contributed by atoms with van der Waals surface area (Å²) in [6.45, 7) is 8.34. The number of fused-ring (bicyclic) bond motifs is 1. The number of carbonyl (C=O) groups is 1. The smallest absolute Gasteiger partial charge is 0.172 e. The van der Waals surface area contributed by atoms with Gasteiger partial charge >= 0.3 is 0 Å². The third-order valence-corrected chi connectivity index (χ3v) is 4.06. The number of benzene rings is 1. The standard InChI is InChI=1S/C16H19NOS/c1-11-5-6-12-9-13(7-8-14(12)17-11)15(18)10-19-16(2,3)4/h5-9H,10H2,1-4H3. The van der Waals surface area contributed by atoms with E-state index < -0.39 is 0 Å². The summed E-state index contributed by atoms with van der Waals surface area (Å²) in [5.74, 6) is 0.705. The van der Waals surface area contributed by atoms with Crippen LogP contribution in [0.25, 0.3) is 10.9 Å². The SMILES string of the molecule is Cc1ccc2cc(C(=O)CSC(C)(C)C)ccc2n1. The van der Waals surface area contributed by atoms with E-state index in [1.807, 2.05) is 37.3 Å². The Labute approximate surface area is 118 Å². The molecule has 0 aliphatic carbocycles. The van der Waals surface area contributed by atoms with Gasteiger partial charge in [-0.05, 0) is 31.2 Å². The van der Waals surface area contributed by atoms with Crippen molar-refractivity contribution in [3.05, 3.63) is 41.6 Å².